The van der Waals surface area contributed by atoms with Gasteiger partial charge in [0.05, 0.1) is 17.7 Å². The first kappa shape index (κ1) is 10.1. The summed E-state index contributed by atoms with van der Waals surface area (Å²) in [7, 11) is 0. The Labute approximate surface area is 88.6 Å². The van der Waals surface area contributed by atoms with Crippen molar-refractivity contribution in [3.05, 3.63) is 42.1 Å². The SMILES string of the molecule is C[C@H](O)[C@@H](N)c1cccc2cccnc12. The molecule has 0 saturated heterocycles. The van der Waals surface area contributed by atoms with Crippen LogP contribution in [-0.4, -0.2) is 16.2 Å². The van der Waals surface area contributed by atoms with E-state index >= 15 is 0 Å². The number of nitrogens with two attached hydrogens (primary N) is 1. The molecule has 1 aromatic carbocycles. The van der Waals surface area contributed by atoms with Crippen molar-refractivity contribution in [2.75, 3.05) is 0 Å². The lowest BCUT2D eigenvalue weighted by molar-refractivity contribution is 0.165. The van der Waals surface area contributed by atoms with Gasteiger partial charge in [0.25, 0.3) is 0 Å². The number of pyridine rings is 1. The van der Waals surface area contributed by atoms with Crippen LogP contribution >= 0.6 is 0 Å². The topological polar surface area (TPSA) is 59.1 Å². The van der Waals surface area contributed by atoms with Crippen molar-refractivity contribution in [3.8, 4) is 0 Å². The highest BCUT2D eigenvalue weighted by molar-refractivity contribution is 5.82. The fraction of sp³-hybridized carbons (Fsp3) is 0.250. The van der Waals surface area contributed by atoms with Gasteiger partial charge in [0.15, 0.2) is 0 Å². The van der Waals surface area contributed by atoms with Crippen LogP contribution in [0.4, 0.5) is 0 Å². The van der Waals surface area contributed by atoms with Gasteiger partial charge in [-0.05, 0) is 18.6 Å². The van der Waals surface area contributed by atoms with E-state index in [0.717, 1.165) is 16.5 Å². The highest BCUT2D eigenvalue weighted by atomic mass is 16.3. The van der Waals surface area contributed by atoms with Crippen LogP contribution in [0, 0.1) is 0 Å². The molecule has 3 heteroatoms. The lowest BCUT2D eigenvalue weighted by atomic mass is 10.00. The molecule has 0 unspecified atom stereocenters. The summed E-state index contributed by atoms with van der Waals surface area (Å²) in [6.45, 7) is 1.69. The Kier molecular flexibility index (Phi) is 2.66. The third-order valence-electron chi connectivity index (χ3n) is 2.54. The van der Waals surface area contributed by atoms with Crippen molar-refractivity contribution in [2.24, 2.45) is 5.73 Å². The number of aliphatic hydroxyl groups excluding tert-OH is 1. The zero-order valence-corrected chi connectivity index (χ0v) is 8.59. The standard InChI is InChI=1S/C12H14N2O/c1-8(15)11(13)10-6-2-4-9-5-3-7-14-12(9)10/h2-8,11,15H,13H2,1H3/t8-,11+/m0/s1. The summed E-state index contributed by atoms with van der Waals surface area (Å²) in [5.74, 6) is 0. The monoisotopic (exact) mass is 202 g/mol. The van der Waals surface area contributed by atoms with Gasteiger partial charge in [0.2, 0.25) is 0 Å². The summed E-state index contributed by atoms with van der Waals surface area (Å²) in [5.41, 5.74) is 7.67. The highest BCUT2D eigenvalue weighted by Crippen LogP contribution is 2.22. The minimum Gasteiger partial charge on any atom is -0.391 e. The summed E-state index contributed by atoms with van der Waals surface area (Å²) in [6.07, 6.45) is 1.17. The van der Waals surface area contributed by atoms with Gasteiger partial charge in [-0.2, -0.15) is 0 Å². The molecule has 0 bridgehead atoms. The first-order valence-corrected chi connectivity index (χ1v) is 4.97. The van der Waals surface area contributed by atoms with Crippen molar-refractivity contribution < 1.29 is 5.11 Å². The summed E-state index contributed by atoms with van der Waals surface area (Å²) in [5, 5.41) is 10.5. The lowest BCUT2D eigenvalue weighted by Gasteiger charge is -2.16. The van der Waals surface area contributed by atoms with Gasteiger partial charge in [0, 0.05) is 11.6 Å². The number of para-hydroxylation sites is 1. The number of fused-ring (bicyclic) bond motifs is 1. The van der Waals surface area contributed by atoms with Gasteiger partial charge in [-0.3, -0.25) is 4.98 Å². The molecule has 2 aromatic rings. The molecule has 78 valence electrons. The second-order valence-electron chi connectivity index (χ2n) is 3.69. The van der Waals surface area contributed by atoms with Crippen LogP contribution in [0.3, 0.4) is 0 Å². The fourth-order valence-corrected chi connectivity index (χ4v) is 1.66. The highest BCUT2D eigenvalue weighted by Gasteiger charge is 2.14. The van der Waals surface area contributed by atoms with Crippen LogP contribution in [0.1, 0.15) is 18.5 Å². The smallest absolute Gasteiger partial charge is 0.0750 e. The van der Waals surface area contributed by atoms with Crippen molar-refractivity contribution >= 4 is 10.9 Å². The van der Waals surface area contributed by atoms with E-state index in [-0.39, 0.29) is 6.04 Å². The third kappa shape index (κ3) is 1.84. The van der Waals surface area contributed by atoms with Crippen LogP contribution in [0.15, 0.2) is 36.5 Å². The maximum absolute atomic E-state index is 9.48. The molecule has 2 atom stereocenters. The number of aliphatic hydroxyl groups is 1. The minimum absolute atomic E-state index is 0.386. The van der Waals surface area contributed by atoms with Gasteiger partial charge in [-0.25, -0.2) is 0 Å². The van der Waals surface area contributed by atoms with Crippen molar-refractivity contribution in [2.45, 2.75) is 19.1 Å². The first-order valence-electron chi connectivity index (χ1n) is 4.97. The van der Waals surface area contributed by atoms with Crippen LogP contribution in [0.5, 0.6) is 0 Å². The van der Waals surface area contributed by atoms with Gasteiger partial charge in [-0.1, -0.05) is 24.3 Å². The van der Waals surface area contributed by atoms with Crippen molar-refractivity contribution in [3.63, 3.8) is 0 Å². The molecule has 0 amide bonds. The Morgan fingerprint density at radius 1 is 1.27 bits per heavy atom. The Morgan fingerprint density at radius 2 is 2.00 bits per heavy atom. The van der Waals surface area contributed by atoms with E-state index < -0.39 is 6.10 Å². The molecular weight excluding hydrogens is 188 g/mol. The predicted molar refractivity (Wildman–Crippen MR) is 60.4 cm³/mol. The fourth-order valence-electron chi connectivity index (χ4n) is 1.66. The number of benzene rings is 1. The van der Waals surface area contributed by atoms with E-state index in [9.17, 15) is 5.11 Å². The van der Waals surface area contributed by atoms with E-state index in [1.54, 1.807) is 13.1 Å². The molecule has 0 spiro atoms. The largest absolute Gasteiger partial charge is 0.391 e. The predicted octanol–water partition coefficient (Wildman–Crippen LogP) is 1.62. The molecule has 0 aliphatic carbocycles. The molecule has 15 heavy (non-hydrogen) atoms. The Bertz CT molecular complexity index is 463. The van der Waals surface area contributed by atoms with Crippen molar-refractivity contribution in [1.29, 1.82) is 0 Å². The summed E-state index contributed by atoms with van der Waals surface area (Å²) in [4.78, 5) is 4.29. The first-order chi connectivity index (χ1) is 7.20. The summed E-state index contributed by atoms with van der Waals surface area (Å²) in [6, 6.07) is 9.32. The lowest BCUT2D eigenvalue weighted by Crippen LogP contribution is -2.23. The molecule has 0 radical (unpaired) electrons. The van der Waals surface area contributed by atoms with E-state index in [0.29, 0.717) is 0 Å². The van der Waals surface area contributed by atoms with Crippen LogP contribution in [0.25, 0.3) is 10.9 Å². The second-order valence-corrected chi connectivity index (χ2v) is 3.69. The zero-order valence-electron chi connectivity index (χ0n) is 8.59. The zero-order chi connectivity index (χ0) is 10.8. The van der Waals surface area contributed by atoms with Crippen LogP contribution in [0.2, 0.25) is 0 Å². The van der Waals surface area contributed by atoms with Gasteiger partial charge < -0.3 is 10.8 Å². The quantitative estimate of drug-likeness (QED) is 0.778. The third-order valence-corrected chi connectivity index (χ3v) is 2.54. The summed E-state index contributed by atoms with van der Waals surface area (Å²) >= 11 is 0. The number of nitrogens with zero attached hydrogens (tertiary/aromatic N) is 1. The van der Waals surface area contributed by atoms with Gasteiger partial charge >= 0.3 is 0 Å². The second kappa shape index (κ2) is 3.96. The maximum Gasteiger partial charge on any atom is 0.0750 e. The average Bonchev–Trinajstić information content (AvgIpc) is 2.27. The molecule has 2 rings (SSSR count). The van der Waals surface area contributed by atoms with E-state index in [4.69, 9.17) is 5.73 Å². The maximum atomic E-state index is 9.48. The Hall–Kier alpha value is -1.45. The van der Waals surface area contributed by atoms with Crippen LogP contribution in [-0.2, 0) is 0 Å². The molecule has 0 saturated carbocycles. The Morgan fingerprint density at radius 3 is 2.73 bits per heavy atom. The number of rotatable bonds is 2. The number of hydrogen-bond acceptors (Lipinski definition) is 3. The molecule has 3 N–H and O–H groups in total. The molecule has 0 aliphatic rings. The molecule has 1 heterocycles. The molecular formula is C12H14N2O. The normalized spacial score (nSPS) is 15.1. The minimum atomic E-state index is -0.572. The number of aromatic nitrogens is 1. The van der Waals surface area contributed by atoms with E-state index in [1.165, 1.54) is 0 Å². The molecule has 0 fully saturated rings. The molecule has 1 aromatic heterocycles. The number of hydrogen-bond donors (Lipinski definition) is 2. The average molecular weight is 202 g/mol. The van der Waals surface area contributed by atoms with Crippen molar-refractivity contribution in [1.82, 2.24) is 4.98 Å². The Balaban J connectivity index is 2.60. The van der Waals surface area contributed by atoms with Crippen LogP contribution < -0.4 is 5.73 Å². The molecule has 3 nitrogen and oxygen atoms in total. The molecule has 0 aliphatic heterocycles. The van der Waals surface area contributed by atoms with E-state index in [1.807, 2.05) is 30.3 Å². The summed E-state index contributed by atoms with van der Waals surface area (Å²) < 4.78 is 0. The van der Waals surface area contributed by atoms with E-state index in [2.05, 4.69) is 4.98 Å². The van der Waals surface area contributed by atoms with Gasteiger partial charge in [0.1, 0.15) is 0 Å². The van der Waals surface area contributed by atoms with Gasteiger partial charge in [-0.15, -0.1) is 0 Å².